The van der Waals surface area contributed by atoms with Gasteiger partial charge in [0.2, 0.25) is 0 Å². The second kappa shape index (κ2) is 20.6. The molecule has 0 bridgehead atoms. The zero-order valence-electron chi connectivity index (χ0n) is 18.1. The second-order valence-corrected chi connectivity index (χ2v) is 10.6. The molecule has 0 radical (unpaired) electrons. The molecule has 4 heterocycles. The van der Waals surface area contributed by atoms with Crippen LogP contribution in [0.1, 0.15) is 57.8 Å². The van der Waals surface area contributed by atoms with Crippen molar-refractivity contribution in [3.63, 3.8) is 0 Å². The van der Waals surface area contributed by atoms with Gasteiger partial charge in [-0.25, -0.2) is 0 Å². The molecule has 4 aliphatic heterocycles. The Labute approximate surface area is 222 Å². The predicted octanol–water partition coefficient (Wildman–Crippen LogP) is 6.94. The van der Waals surface area contributed by atoms with Gasteiger partial charge in [0.25, 0.3) is 0 Å². The van der Waals surface area contributed by atoms with E-state index < -0.39 is 0 Å². The van der Waals surface area contributed by atoms with Gasteiger partial charge >= 0.3 is 66.7 Å². The first kappa shape index (κ1) is 31.5. The van der Waals surface area contributed by atoms with Crippen molar-refractivity contribution in [3.05, 3.63) is 26.6 Å². The number of amidine groups is 1. The fourth-order valence-electron chi connectivity index (χ4n) is 4.18. The molecule has 4 aliphatic rings. The molecule has 0 aliphatic carbocycles. The van der Waals surface area contributed by atoms with E-state index in [2.05, 4.69) is 40.4 Å². The third kappa shape index (κ3) is 11.9. The van der Waals surface area contributed by atoms with E-state index in [-0.39, 0.29) is 30.5 Å². The molecule has 5 unspecified atom stereocenters. The number of aliphatic hydroxyl groups is 1. The maximum atomic E-state index is 7.00. The van der Waals surface area contributed by atoms with Crippen LogP contribution >= 0.6 is 40.4 Å². The van der Waals surface area contributed by atoms with Crippen molar-refractivity contribution in [1.29, 1.82) is 0 Å². The Hall–Kier alpha value is 1.47. The Kier molecular flexibility index (Phi) is 20.3. The average Bonchev–Trinajstić information content (AvgIpc) is 2.88. The topological polar surface area (TPSA) is 103 Å². The number of aliphatic hydroxyl groups excluding tert-OH is 1. The summed E-state index contributed by atoms with van der Waals surface area (Å²) in [5.41, 5.74) is 0. The molecule has 32 heavy (non-hydrogen) atoms. The van der Waals surface area contributed by atoms with Gasteiger partial charge in [-0.15, -0.1) is 31.5 Å². The average molecular weight is 630 g/mol. The number of halogens is 4. The van der Waals surface area contributed by atoms with Crippen molar-refractivity contribution in [1.82, 2.24) is 0 Å². The van der Waals surface area contributed by atoms with E-state index in [1.54, 1.807) is 0 Å². The summed E-state index contributed by atoms with van der Waals surface area (Å²) in [6.07, 6.45) is 10.6. The molecule has 0 aromatic heterocycles. The Balaban J connectivity index is 0.000000567. The molecule has 3 fully saturated rings. The molecule has 0 saturated carbocycles. The quantitative estimate of drug-likeness (QED) is 0.336. The minimum absolute atomic E-state index is 0.0444. The number of hydrogen-bond donors (Lipinski definition) is 1. The molecule has 200 valence electrons. The van der Waals surface area contributed by atoms with E-state index in [1.165, 1.54) is 38.5 Å². The molecule has 4 rings (SSSR count). The van der Waals surface area contributed by atoms with E-state index in [4.69, 9.17) is 36.7 Å². The molecule has 0 aromatic carbocycles. The third-order valence-corrected chi connectivity index (χ3v) is 5.60. The molecule has 0 amide bonds. The van der Waals surface area contributed by atoms with Gasteiger partial charge in [0.15, 0.2) is 0 Å². The van der Waals surface area contributed by atoms with Crippen LogP contribution in [-0.4, -0.2) is 68.1 Å². The monoisotopic (exact) mass is 627 g/mol. The van der Waals surface area contributed by atoms with Gasteiger partial charge in [0, 0.05) is 7.11 Å². The van der Waals surface area contributed by atoms with Crippen LogP contribution in [0.15, 0.2) is 4.99 Å². The Morgan fingerprint density at radius 3 is 1.72 bits per heavy atom. The van der Waals surface area contributed by atoms with E-state index in [0.717, 1.165) is 78.1 Å². The Bertz CT molecular complexity index is 481. The van der Waals surface area contributed by atoms with E-state index >= 15 is 0 Å². The zero-order valence-corrected chi connectivity index (χ0v) is 23.0. The van der Waals surface area contributed by atoms with Crippen molar-refractivity contribution in [3.8, 4) is 0 Å². The molecular weight excluding hydrogens is 597 g/mol. The van der Waals surface area contributed by atoms with Crippen molar-refractivity contribution in [2.24, 2.45) is 4.99 Å². The normalized spacial score (nSPS) is 32.6. The Morgan fingerprint density at radius 2 is 1.25 bits per heavy atom. The van der Waals surface area contributed by atoms with E-state index in [9.17, 15) is 0 Å². The fraction of sp³-hybridized carbons (Fsp3) is 0.947. The summed E-state index contributed by atoms with van der Waals surface area (Å²) in [4.78, 5) is 4.93. The first-order chi connectivity index (χ1) is 15.7. The van der Waals surface area contributed by atoms with Crippen LogP contribution in [0.5, 0.6) is 0 Å². The zero-order chi connectivity index (χ0) is 23.6. The van der Waals surface area contributed by atoms with Gasteiger partial charge in [-0.05, 0) is 0 Å². The third-order valence-electron chi connectivity index (χ3n) is 5.60. The summed E-state index contributed by atoms with van der Waals surface area (Å²) in [5.74, 6) is 0.946. The van der Waals surface area contributed by atoms with Gasteiger partial charge in [0.05, 0.1) is 0 Å². The SMILES string of the molecule is C1CCC(C2=NC(C3CCCC[N-]3)[N-]C(C3CCCC[N-]3)[N-]2)[N-]C1.CO.[Cl][Cu][Cl].[Cl][Cu][Cl]. The van der Waals surface area contributed by atoms with Gasteiger partial charge in [-0.2, -0.15) is 24.4 Å². The fourth-order valence-corrected chi connectivity index (χ4v) is 4.18. The van der Waals surface area contributed by atoms with Crippen LogP contribution in [0, 0.1) is 0 Å². The minimum atomic E-state index is -0.0444. The molecule has 5 atom stereocenters. The van der Waals surface area contributed by atoms with Crippen LogP contribution in [0.3, 0.4) is 0 Å². The van der Waals surface area contributed by atoms with Gasteiger partial charge < -0.3 is 36.7 Å². The predicted molar refractivity (Wildman–Crippen MR) is 131 cm³/mol. The van der Waals surface area contributed by atoms with Crippen LogP contribution in [0.25, 0.3) is 26.6 Å². The molecule has 7 nitrogen and oxygen atoms in total. The van der Waals surface area contributed by atoms with Crippen molar-refractivity contribution >= 4 is 46.2 Å². The summed E-state index contributed by atoms with van der Waals surface area (Å²) in [7, 11) is 19.7. The molecular formula is C19H33Cl4Cu2N6O-5. The van der Waals surface area contributed by atoms with Crippen molar-refractivity contribution in [2.75, 3.05) is 26.7 Å². The number of piperidine rings is 3. The number of aliphatic imine (C=N–C) groups is 1. The second-order valence-electron chi connectivity index (χ2n) is 7.54. The summed E-state index contributed by atoms with van der Waals surface area (Å²) in [5, 5.41) is 31.3. The summed E-state index contributed by atoms with van der Waals surface area (Å²) >= 11 is 1.51. The summed E-state index contributed by atoms with van der Waals surface area (Å²) in [6.45, 7) is 2.88. The van der Waals surface area contributed by atoms with Crippen molar-refractivity contribution in [2.45, 2.75) is 88.2 Å². The van der Waals surface area contributed by atoms with E-state index in [1.807, 2.05) is 0 Å². The van der Waals surface area contributed by atoms with Gasteiger partial charge in [-0.1, -0.05) is 57.8 Å². The van der Waals surface area contributed by atoms with Crippen LogP contribution < -0.4 is 0 Å². The molecule has 1 N–H and O–H groups in total. The first-order valence-electron chi connectivity index (χ1n) is 10.8. The van der Waals surface area contributed by atoms with Crippen molar-refractivity contribution < 1.29 is 31.4 Å². The molecule has 3 saturated heterocycles. The summed E-state index contributed by atoms with van der Waals surface area (Å²) < 4.78 is 0. The standard InChI is InChI=1S/C18H29N6.CH4O.4ClH.2Cu/c1-4-10-19-13(7-1)16-22-17(14-8-2-5-11-20-14)24-18(23-16)15-9-3-6-12-21-15;1-2;;;;;;/h13-17H,1-12H2;2H,1H3;4*1H;;/q-5;;;;;;2*+2/p-4. The van der Waals surface area contributed by atoms with Gasteiger partial charge in [0.1, 0.15) is 0 Å². The molecule has 0 aromatic rings. The van der Waals surface area contributed by atoms with Gasteiger partial charge in [-0.3, -0.25) is 0 Å². The number of nitrogens with zero attached hydrogens (tertiary/aromatic N) is 6. The number of hydrogen-bond acceptors (Lipinski definition) is 2. The van der Waals surface area contributed by atoms with E-state index in [0.29, 0.717) is 0 Å². The first-order valence-corrected chi connectivity index (χ1v) is 16.0. The molecule has 13 heteroatoms. The maximum absolute atomic E-state index is 7.00. The van der Waals surface area contributed by atoms with Crippen LogP contribution in [-0.2, 0) is 26.3 Å². The van der Waals surface area contributed by atoms with Crippen LogP contribution in [0.2, 0.25) is 0 Å². The Morgan fingerprint density at radius 1 is 0.750 bits per heavy atom. The summed E-state index contributed by atoms with van der Waals surface area (Å²) in [6, 6.07) is 0.685. The molecule has 0 spiro atoms. The number of rotatable bonds is 3. The van der Waals surface area contributed by atoms with Crippen LogP contribution in [0.4, 0.5) is 0 Å².